The summed E-state index contributed by atoms with van der Waals surface area (Å²) in [4.78, 5) is 0. The van der Waals surface area contributed by atoms with E-state index in [1.165, 1.54) is 83.7 Å². The molecule has 0 aliphatic heterocycles. The fraction of sp³-hybridized carbons (Fsp3) is 1.00. The first-order valence-corrected chi connectivity index (χ1v) is 7.99. The first-order chi connectivity index (χ1) is 8.29. The lowest BCUT2D eigenvalue weighted by atomic mass is 9.75. The van der Waals surface area contributed by atoms with Crippen molar-refractivity contribution in [1.82, 2.24) is 5.32 Å². The lowest BCUT2D eigenvalue weighted by molar-refractivity contribution is 0.205. The second kappa shape index (κ2) is 6.78. The molecular weight excluding hydrogens is 206 g/mol. The summed E-state index contributed by atoms with van der Waals surface area (Å²) in [5.74, 6) is 1.04. The van der Waals surface area contributed by atoms with E-state index < -0.39 is 0 Å². The zero-order valence-electron chi connectivity index (χ0n) is 11.8. The summed E-state index contributed by atoms with van der Waals surface area (Å²) in [6.07, 6.45) is 16.2. The van der Waals surface area contributed by atoms with Gasteiger partial charge in [-0.3, -0.25) is 0 Å². The van der Waals surface area contributed by atoms with Crippen LogP contribution in [0, 0.1) is 11.3 Å². The van der Waals surface area contributed by atoms with Crippen LogP contribution in [-0.2, 0) is 0 Å². The van der Waals surface area contributed by atoms with Crippen LogP contribution in [0.5, 0.6) is 0 Å². The highest BCUT2D eigenvalue weighted by Crippen LogP contribution is 2.35. The van der Waals surface area contributed by atoms with Gasteiger partial charge in [0.1, 0.15) is 0 Å². The summed E-state index contributed by atoms with van der Waals surface area (Å²) in [7, 11) is 0. The van der Waals surface area contributed by atoms with E-state index in [4.69, 9.17) is 0 Å². The Labute approximate surface area is 108 Å². The lowest BCUT2D eigenvalue weighted by Crippen LogP contribution is -2.34. The lowest BCUT2D eigenvalue weighted by Gasteiger charge is -2.34. The van der Waals surface area contributed by atoms with Gasteiger partial charge in [0.2, 0.25) is 0 Å². The maximum absolute atomic E-state index is 3.74. The first kappa shape index (κ1) is 13.4. The third-order valence-corrected chi connectivity index (χ3v) is 5.07. The molecule has 0 spiro atoms. The van der Waals surface area contributed by atoms with Gasteiger partial charge in [-0.2, -0.15) is 0 Å². The third-order valence-electron chi connectivity index (χ3n) is 5.07. The minimum absolute atomic E-state index is 0.616. The van der Waals surface area contributed by atoms with Gasteiger partial charge in [0.05, 0.1) is 0 Å². The van der Waals surface area contributed by atoms with Crippen LogP contribution in [0.4, 0.5) is 0 Å². The summed E-state index contributed by atoms with van der Waals surface area (Å²) in [5, 5.41) is 3.74. The van der Waals surface area contributed by atoms with Crippen molar-refractivity contribution in [2.45, 2.75) is 77.6 Å². The van der Waals surface area contributed by atoms with Crippen molar-refractivity contribution in [3.8, 4) is 0 Å². The van der Waals surface area contributed by atoms with Crippen LogP contribution in [0.1, 0.15) is 77.6 Å². The van der Waals surface area contributed by atoms with Crippen molar-refractivity contribution in [1.29, 1.82) is 0 Å². The Hall–Kier alpha value is -0.0400. The van der Waals surface area contributed by atoms with Crippen LogP contribution in [0.3, 0.4) is 0 Å². The monoisotopic (exact) mass is 237 g/mol. The molecule has 2 aliphatic rings. The van der Waals surface area contributed by atoms with Gasteiger partial charge in [-0.15, -0.1) is 0 Å². The SMILES string of the molecule is CC1(CNCCC2CCCCC2)CCCCC1. The Morgan fingerprint density at radius 3 is 2.29 bits per heavy atom. The Morgan fingerprint density at radius 2 is 1.59 bits per heavy atom. The average Bonchev–Trinajstić information content (AvgIpc) is 2.37. The largest absolute Gasteiger partial charge is 0.316 e. The van der Waals surface area contributed by atoms with E-state index in [9.17, 15) is 0 Å². The molecule has 0 saturated heterocycles. The molecule has 0 aromatic carbocycles. The predicted molar refractivity (Wildman–Crippen MR) is 75.3 cm³/mol. The highest BCUT2D eigenvalue weighted by atomic mass is 14.9. The fourth-order valence-corrected chi connectivity index (χ4v) is 3.75. The molecular formula is C16H31N. The van der Waals surface area contributed by atoms with E-state index in [-0.39, 0.29) is 0 Å². The molecule has 2 rings (SSSR count). The van der Waals surface area contributed by atoms with Crippen LogP contribution >= 0.6 is 0 Å². The fourth-order valence-electron chi connectivity index (χ4n) is 3.75. The molecule has 0 aromatic rings. The normalized spacial score (nSPS) is 25.9. The van der Waals surface area contributed by atoms with Crippen LogP contribution in [0.15, 0.2) is 0 Å². The van der Waals surface area contributed by atoms with Gasteiger partial charge >= 0.3 is 0 Å². The summed E-state index contributed by atoms with van der Waals surface area (Å²) in [6, 6.07) is 0. The molecule has 17 heavy (non-hydrogen) atoms. The van der Waals surface area contributed by atoms with Gasteiger partial charge in [0.25, 0.3) is 0 Å². The topological polar surface area (TPSA) is 12.0 Å². The van der Waals surface area contributed by atoms with E-state index in [0.717, 1.165) is 5.92 Å². The van der Waals surface area contributed by atoms with Crippen molar-refractivity contribution >= 4 is 0 Å². The van der Waals surface area contributed by atoms with Crippen molar-refractivity contribution in [3.05, 3.63) is 0 Å². The number of nitrogens with one attached hydrogen (secondary N) is 1. The smallest absolute Gasteiger partial charge is 0.000516 e. The quantitative estimate of drug-likeness (QED) is 0.693. The molecule has 0 unspecified atom stereocenters. The van der Waals surface area contributed by atoms with E-state index in [2.05, 4.69) is 12.2 Å². The summed E-state index contributed by atoms with van der Waals surface area (Å²) in [5.41, 5.74) is 0.616. The summed E-state index contributed by atoms with van der Waals surface area (Å²) < 4.78 is 0. The molecule has 0 bridgehead atoms. The molecule has 100 valence electrons. The maximum Gasteiger partial charge on any atom is 0.000516 e. The Balaban J connectivity index is 1.55. The molecule has 2 fully saturated rings. The average molecular weight is 237 g/mol. The maximum atomic E-state index is 3.74. The second-order valence-corrected chi connectivity index (χ2v) is 6.84. The zero-order valence-corrected chi connectivity index (χ0v) is 11.8. The van der Waals surface area contributed by atoms with Gasteiger partial charge in [0.15, 0.2) is 0 Å². The molecule has 0 heterocycles. The van der Waals surface area contributed by atoms with Crippen molar-refractivity contribution in [3.63, 3.8) is 0 Å². The van der Waals surface area contributed by atoms with Crippen LogP contribution in [0.2, 0.25) is 0 Å². The number of rotatable bonds is 5. The molecule has 0 amide bonds. The highest BCUT2D eigenvalue weighted by molar-refractivity contribution is 4.80. The van der Waals surface area contributed by atoms with E-state index in [1.54, 1.807) is 0 Å². The predicted octanol–water partition coefficient (Wildman–Crippen LogP) is 4.52. The van der Waals surface area contributed by atoms with Gasteiger partial charge in [-0.25, -0.2) is 0 Å². The molecule has 1 nitrogen and oxygen atoms in total. The van der Waals surface area contributed by atoms with Crippen LogP contribution in [0.25, 0.3) is 0 Å². The van der Waals surface area contributed by atoms with Gasteiger partial charge < -0.3 is 5.32 Å². The van der Waals surface area contributed by atoms with Gasteiger partial charge in [-0.05, 0) is 37.1 Å². The van der Waals surface area contributed by atoms with Gasteiger partial charge in [-0.1, -0.05) is 58.3 Å². The molecule has 0 atom stereocenters. The summed E-state index contributed by atoms with van der Waals surface area (Å²) in [6.45, 7) is 5.01. The molecule has 2 aliphatic carbocycles. The molecule has 0 radical (unpaired) electrons. The first-order valence-electron chi connectivity index (χ1n) is 7.99. The van der Waals surface area contributed by atoms with E-state index in [0.29, 0.717) is 5.41 Å². The number of hydrogen-bond donors (Lipinski definition) is 1. The third kappa shape index (κ3) is 4.62. The molecule has 2 saturated carbocycles. The highest BCUT2D eigenvalue weighted by Gasteiger charge is 2.26. The molecule has 1 heteroatoms. The molecule has 1 N–H and O–H groups in total. The zero-order chi connectivity index (χ0) is 12.0. The minimum Gasteiger partial charge on any atom is -0.316 e. The molecule has 0 aromatic heterocycles. The number of hydrogen-bond acceptors (Lipinski definition) is 1. The second-order valence-electron chi connectivity index (χ2n) is 6.84. The van der Waals surface area contributed by atoms with E-state index >= 15 is 0 Å². The van der Waals surface area contributed by atoms with Crippen LogP contribution < -0.4 is 5.32 Å². The minimum atomic E-state index is 0.616. The standard InChI is InChI=1S/C16H31N/c1-16(11-6-3-7-12-16)14-17-13-10-15-8-4-2-5-9-15/h15,17H,2-14H2,1H3. The van der Waals surface area contributed by atoms with Crippen molar-refractivity contribution in [2.24, 2.45) is 11.3 Å². The van der Waals surface area contributed by atoms with E-state index in [1.807, 2.05) is 0 Å². The van der Waals surface area contributed by atoms with Gasteiger partial charge in [0, 0.05) is 6.54 Å². The van der Waals surface area contributed by atoms with Crippen molar-refractivity contribution < 1.29 is 0 Å². The Kier molecular flexibility index (Phi) is 5.34. The Morgan fingerprint density at radius 1 is 0.941 bits per heavy atom. The Bertz CT molecular complexity index is 200. The summed E-state index contributed by atoms with van der Waals surface area (Å²) >= 11 is 0. The van der Waals surface area contributed by atoms with Crippen molar-refractivity contribution in [2.75, 3.05) is 13.1 Å². The van der Waals surface area contributed by atoms with Crippen LogP contribution in [-0.4, -0.2) is 13.1 Å².